The fourth-order valence-electron chi connectivity index (χ4n) is 3.41. The summed E-state index contributed by atoms with van der Waals surface area (Å²) in [5.41, 5.74) is 11.6. The highest BCUT2D eigenvalue weighted by Crippen LogP contribution is 2.34. The lowest BCUT2D eigenvalue weighted by Crippen LogP contribution is -2.42. The second-order valence-electron chi connectivity index (χ2n) is 6.06. The van der Waals surface area contributed by atoms with E-state index in [1.807, 2.05) is 0 Å². The first-order valence-corrected chi connectivity index (χ1v) is 6.93. The van der Waals surface area contributed by atoms with E-state index in [9.17, 15) is 10.2 Å². The Hall–Kier alpha value is -0.160. The van der Waals surface area contributed by atoms with Crippen molar-refractivity contribution >= 4 is 0 Å². The smallest absolute Gasteiger partial charge is 0.0693 e. The molecule has 0 spiro atoms. The first kappa shape index (κ1) is 13.3. The molecule has 0 radical (unpaired) electrons. The number of hydrogen-bond donors (Lipinski definition) is 4. The van der Waals surface area contributed by atoms with Crippen molar-refractivity contribution in [2.24, 2.45) is 23.3 Å². The number of aliphatic hydroxyl groups excluding tert-OH is 2. The number of hydrogen-bond acceptors (Lipinski definition) is 4. The van der Waals surface area contributed by atoms with Crippen LogP contribution < -0.4 is 11.5 Å². The molecule has 4 heteroatoms. The van der Waals surface area contributed by atoms with E-state index < -0.39 is 0 Å². The fourth-order valence-corrected chi connectivity index (χ4v) is 3.41. The molecule has 2 aliphatic rings. The highest BCUT2D eigenvalue weighted by molar-refractivity contribution is 4.87. The third kappa shape index (κ3) is 3.41. The lowest BCUT2D eigenvalue weighted by Gasteiger charge is -2.36. The molecule has 2 rings (SSSR count). The molecule has 4 nitrogen and oxygen atoms in total. The SMILES string of the molecule is NC1CCC(CC2CCC(N)C(O)C2)CC1O. The Kier molecular flexibility index (Phi) is 4.42. The Labute approximate surface area is 103 Å². The lowest BCUT2D eigenvalue weighted by molar-refractivity contribution is 0.0485. The second-order valence-corrected chi connectivity index (χ2v) is 6.06. The maximum absolute atomic E-state index is 9.78. The average Bonchev–Trinajstić information content (AvgIpc) is 2.29. The monoisotopic (exact) mass is 242 g/mol. The third-order valence-electron chi connectivity index (χ3n) is 4.62. The minimum atomic E-state index is -0.329. The Morgan fingerprint density at radius 1 is 0.765 bits per heavy atom. The van der Waals surface area contributed by atoms with Gasteiger partial charge < -0.3 is 21.7 Å². The molecule has 0 aliphatic heterocycles. The predicted octanol–water partition coefficient (Wildman–Crippen LogP) is 0.353. The molecule has 0 bridgehead atoms. The van der Waals surface area contributed by atoms with Crippen molar-refractivity contribution in [3.63, 3.8) is 0 Å². The van der Waals surface area contributed by atoms with Crippen LogP contribution in [0.25, 0.3) is 0 Å². The third-order valence-corrected chi connectivity index (χ3v) is 4.62. The van der Waals surface area contributed by atoms with E-state index in [-0.39, 0.29) is 24.3 Å². The molecule has 0 saturated heterocycles. The summed E-state index contributed by atoms with van der Waals surface area (Å²) in [6.45, 7) is 0. The Bertz CT molecular complexity index is 226. The minimum absolute atomic E-state index is 0.0309. The number of aliphatic hydroxyl groups is 2. The van der Waals surface area contributed by atoms with Crippen LogP contribution in [0.5, 0.6) is 0 Å². The van der Waals surface area contributed by atoms with E-state index in [0.29, 0.717) is 11.8 Å². The van der Waals surface area contributed by atoms with Crippen molar-refractivity contribution < 1.29 is 10.2 Å². The molecule has 6 atom stereocenters. The van der Waals surface area contributed by atoms with Gasteiger partial charge in [-0.1, -0.05) is 0 Å². The Morgan fingerprint density at radius 3 is 1.53 bits per heavy atom. The van der Waals surface area contributed by atoms with Gasteiger partial charge in [-0.25, -0.2) is 0 Å². The van der Waals surface area contributed by atoms with Gasteiger partial charge in [0.2, 0.25) is 0 Å². The highest BCUT2D eigenvalue weighted by atomic mass is 16.3. The summed E-state index contributed by atoms with van der Waals surface area (Å²) in [5.74, 6) is 1.16. The van der Waals surface area contributed by atoms with Crippen LogP contribution in [-0.4, -0.2) is 34.5 Å². The maximum Gasteiger partial charge on any atom is 0.0693 e. The van der Waals surface area contributed by atoms with Crippen LogP contribution in [0.15, 0.2) is 0 Å². The van der Waals surface area contributed by atoms with Gasteiger partial charge in [-0.3, -0.25) is 0 Å². The molecule has 0 aromatic heterocycles. The van der Waals surface area contributed by atoms with Crippen molar-refractivity contribution in [3.8, 4) is 0 Å². The van der Waals surface area contributed by atoms with E-state index in [1.165, 1.54) is 0 Å². The van der Waals surface area contributed by atoms with Crippen molar-refractivity contribution in [1.82, 2.24) is 0 Å². The van der Waals surface area contributed by atoms with Gasteiger partial charge >= 0.3 is 0 Å². The number of nitrogens with two attached hydrogens (primary N) is 2. The van der Waals surface area contributed by atoms with Gasteiger partial charge in [0.15, 0.2) is 0 Å². The molecule has 0 aromatic carbocycles. The zero-order valence-corrected chi connectivity index (χ0v) is 10.5. The van der Waals surface area contributed by atoms with Crippen molar-refractivity contribution in [2.45, 2.75) is 69.2 Å². The zero-order chi connectivity index (χ0) is 12.4. The molecule has 6 unspecified atom stereocenters. The van der Waals surface area contributed by atoms with E-state index in [0.717, 1.165) is 44.9 Å². The topological polar surface area (TPSA) is 92.5 Å². The van der Waals surface area contributed by atoms with Gasteiger partial charge in [-0.15, -0.1) is 0 Å². The molecule has 2 fully saturated rings. The van der Waals surface area contributed by atoms with Gasteiger partial charge in [0.25, 0.3) is 0 Å². The molecule has 100 valence electrons. The second kappa shape index (κ2) is 5.65. The van der Waals surface area contributed by atoms with Crippen LogP contribution in [0.4, 0.5) is 0 Å². The molecule has 17 heavy (non-hydrogen) atoms. The van der Waals surface area contributed by atoms with Crippen LogP contribution in [-0.2, 0) is 0 Å². The highest BCUT2D eigenvalue weighted by Gasteiger charge is 2.31. The average molecular weight is 242 g/mol. The summed E-state index contributed by atoms with van der Waals surface area (Å²) in [6, 6.07) is -0.0618. The van der Waals surface area contributed by atoms with Crippen LogP contribution in [0.1, 0.15) is 44.9 Å². The summed E-state index contributed by atoms with van der Waals surface area (Å²) in [7, 11) is 0. The summed E-state index contributed by atoms with van der Waals surface area (Å²) in [6.07, 6.45) is 6.23. The summed E-state index contributed by atoms with van der Waals surface area (Å²) < 4.78 is 0. The molecular weight excluding hydrogens is 216 g/mol. The number of rotatable bonds is 2. The normalized spacial score (nSPS) is 48.0. The van der Waals surface area contributed by atoms with E-state index in [4.69, 9.17) is 11.5 Å². The van der Waals surface area contributed by atoms with Crippen molar-refractivity contribution in [1.29, 1.82) is 0 Å². The molecule has 0 heterocycles. The first-order valence-electron chi connectivity index (χ1n) is 6.93. The largest absolute Gasteiger partial charge is 0.392 e. The summed E-state index contributed by atoms with van der Waals surface area (Å²) in [4.78, 5) is 0. The molecule has 0 aromatic rings. The minimum Gasteiger partial charge on any atom is -0.392 e. The summed E-state index contributed by atoms with van der Waals surface area (Å²) >= 11 is 0. The van der Waals surface area contributed by atoms with Gasteiger partial charge in [-0.2, -0.15) is 0 Å². The van der Waals surface area contributed by atoms with Crippen LogP contribution in [0.2, 0.25) is 0 Å². The Balaban J connectivity index is 1.78. The van der Waals surface area contributed by atoms with E-state index in [1.54, 1.807) is 0 Å². The van der Waals surface area contributed by atoms with E-state index >= 15 is 0 Å². The van der Waals surface area contributed by atoms with Crippen LogP contribution in [0.3, 0.4) is 0 Å². The Morgan fingerprint density at radius 2 is 1.18 bits per heavy atom. The lowest BCUT2D eigenvalue weighted by atomic mass is 9.74. The molecule has 2 saturated carbocycles. The van der Waals surface area contributed by atoms with Gasteiger partial charge in [-0.05, 0) is 56.8 Å². The molecular formula is C13H26N2O2. The molecule has 2 aliphatic carbocycles. The fraction of sp³-hybridized carbons (Fsp3) is 1.00. The van der Waals surface area contributed by atoms with Gasteiger partial charge in [0.05, 0.1) is 12.2 Å². The maximum atomic E-state index is 9.78. The van der Waals surface area contributed by atoms with Crippen molar-refractivity contribution in [3.05, 3.63) is 0 Å². The molecule has 0 amide bonds. The van der Waals surface area contributed by atoms with E-state index in [2.05, 4.69) is 0 Å². The zero-order valence-electron chi connectivity index (χ0n) is 10.5. The van der Waals surface area contributed by atoms with Crippen LogP contribution in [0, 0.1) is 11.8 Å². The predicted molar refractivity (Wildman–Crippen MR) is 67.3 cm³/mol. The first-order chi connectivity index (χ1) is 8.06. The van der Waals surface area contributed by atoms with Crippen molar-refractivity contribution in [2.75, 3.05) is 0 Å². The summed E-state index contributed by atoms with van der Waals surface area (Å²) in [5, 5.41) is 19.6. The quantitative estimate of drug-likeness (QED) is 0.562. The van der Waals surface area contributed by atoms with Gasteiger partial charge in [0.1, 0.15) is 0 Å². The molecule has 6 N–H and O–H groups in total. The van der Waals surface area contributed by atoms with Gasteiger partial charge in [0, 0.05) is 12.1 Å². The van der Waals surface area contributed by atoms with Crippen LogP contribution >= 0.6 is 0 Å². The standard InChI is InChI=1S/C13H26N2O2/c14-10-3-1-8(6-12(10)16)5-9-2-4-11(15)13(17)7-9/h8-13,16-17H,1-7,14-15H2.